The average molecular weight is 225 g/mol. The van der Waals surface area contributed by atoms with Crippen LogP contribution in [0.4, 0.5) is 0 Å². The highest BCUT2D eigenvalue weighted by Crippen LogP contribution is 2.29. The molecule has 1 aromatic rings. The molecule has 0 saturated heterocycles. The lowest BCUT2D eigenvalue weighted by Gasteiger charge is -2.17. The largest absolute Gasteiger partial charge is 0.327 e. The zero-order valence-corrected chi connectivity index (χ0v) is 10.0. The van der Waals surface area contributed by atoms with Crippen molar-refractivity contribution in [3.8, 4) is 0 Å². The van der Waals surface area contributed by atoms with E-state index < -0.39 is 0 Å². The Morgan fingerprint density at radius 2 is 2.33 bits per heavy atom. The van der Waals surface area contributed by atoms with Crippen LogP contribution in [0.5, 0.6) is 0 Å². The normalized spacial score (nSPS) is 19.6. The van der Waals surface area contributed by atoms with E-state index in [-0.39, 0.29) is 0 Å². The Hall–Kier alpha value is -0.480. The summed E-state index contributed by atoms with van der Waals surface area (Å²) in [4.78, 5) is 1.23. The molecule has 0 aromatic carbocycles. The van der Waals surface area contributed by atoms with Crippen LogP contribution in [0.15, 0.2) is 17.3 Å². The molecule has 1 fully saturated rings. The Morgan fingerprint density at radius 1 is 1.60 bits per heavy atom. The van der Waals surface area contributed by atoms with E-state index in [1.807, 2.05) is 35.9 Å². The van der Waals surface area contributed by atoms with Crippen molar-refractivity contribution in [1.29, 1.82) is 0 Å². The van der Waals surface area contributed by atoms with Gasteiger partial charge in [0.25, 0.3) is 0 Å². The topological polar surface area (TPSA) is 43.8 Å². The number of thioether (sulfide) groups is 1. The molecule has 3 nitrogen and oxygen atoms in total. The molecule has 0 bridgehead atoms. The molecule has 2 rings (SSSR count). The predicted molar refractivity (Wildman–Crippen MR) is 63.9 cm³/mol. The lowest BCUT2D eigenvalue weighted by atomic mass is 10.0. The van der Waals surface area contributed by atoms with Gasteiger partial charge in [0.15, 0.2) is 0 Å². The van der Waals surface area contributed by atoms with Crippen LogP contribution in [-0.2, 0) is 7.05 Å². The minimum Gasteiger partial charge on any atom is -0.327 e. The van der Waals surface area contributed by atoms with E-state index in [9.17, 15) is 0 Å². The van der Waals surface area contributed by atoms with Gasteiger partial charge in [-0.25, -0.2) is 0 Å². The number of hydrogen-bond acceptors (Lipinski definition) is 3. The first-order chi connectivity index (χ1) is 7.25. The first kappa shape index (κ1) is 11.0. The highest BCUT2D eigenvalue weighted by atomic mass is 32.2. The maximum absolute atomic E-state index is 6.19. The third kappa shape index (κ3) is 2.98. The van der Waals surface area contributed by atoms with Crippen LogP contribution in [0.2, 0.25) is 0 Å². The second-order valence-corrected chi connectivity index (χ2v) is 5.46. The standard InChI is InChI=1S/C11H19N3S/c1-14-7-10(6-13-14)15-8-11(12)9-4-2-3-5-9/h6-7,9,11H,2-5,8,12H2,1H3. The number of hydrogen-bond donors (Lipinski definition) is 1. The summed E-state index contributed by atoms with van der Waals surface area (Å²) in [7, 11) is 1.95. The summed E-state index contributed by atoms with van der Waals surface area (Å²) in [5.41, 5.74) is 6.19. The van der Waals surface area contributed by atoms with Crippen LogP contribution in [0.25, 0.3) is 0 Å². The highest BCUT2D eigenvalue weighted by molar-refractivity contribution is 7.99. The van der Waals surface area contributed by atoms with Crippen LogP contribution in [0.1, 0.15) is 25.7 Å². The number of aromatic nitrogens is 2. The van der Waals surface area contributed by atoms with Crippen molar-refractivity contribution in [2.75, 3.05) is 5.75 Å². The molecule has 1 aliphatic rings. The lowest BCUT2D eigenvalue weighted by Crippen LogP contribution is -2.30. The van der Waals surface area contributed by atoms with Gasteiger partial charge in [-0.1, -0.05) is 12.8 Å². The highest BCUT2D eigenvalue weighted by Gasteiger charge is 2.21. The zero-order chi connectivity index (χ0) is 10.7. The fourth-order valence-corrected chi connectivity index (χ4v) is 3.19. The molecule has 0 amide bonds. The maximum atomic E-state index is 6.19. The third-order valence-corrected chi connectivity index (χ3v) is 4.22. The van der Waals surface area contributed by atoms with Crippen LogP contribution < -0.4 is 5.73 Å². The van der Waals surface area contributed by atoms with Crippen molar-refractivity contribution < 1.29 is 0 Å². The molecule has 1 aromatic heterocycles. The quantitative estimate of drug-likeness (QED) is 0.797. The van der Waals surface area contributed by atoms with Crippen molar-refractivity contribution in [3.63, 3.8) is 0 Å². The van der Waals surface area contributed by atoms with E-state index in [1.54, 1.807) is 0 Å². The van der Waals surface area contributed by atoms with Gasteiger partial charge < -0.3 is 5.73 Å². The average Bonchev–Trinajstić information content (AvgIpc) is 2.84. The summed E-state index contributed by atoms with van der Waals surface area (Å²) in [6, 6.07) is 0.359. The second kappa shape index (κ2) is 5.03. The Balaban J connectivity index is 1.77. The zero-order valence-electron chi connectivity index (χ0n) is 9.22. The summed E-state index contributed by atoms with van der Waals surface area (Å²) in [6.07, 6.45) is 9.35. The molecule has 1 unspecified atom stereocenters. The molecular formula is C11H19N3S. The molecule has 0 aliphatic heterocycles. The summed E-state index contributed by atoms with van der Waals surface area (Å²) < 4.78 is 1.84. The first-order valence-electron chi connectivity index (χ1n) is 5.63. The van der Waals surface area contributed by atoms with Gasteiger partial charge in [0.05, 0.1) is 6.20 Å². The predicted octanol–water partition coefficient (Wildman–Crippen LogP) is 2.03. The van der Waals surface area contributed by atoms with Crippen LogP contribution >= 0.6 is 11.8 Å². The molecule has 1 aliphatic carbocycles. The fraction of sp³-hybridized carbons (Fsp3) is 0.727. The minimum absolute atomic E-state index is 0.359. The molecule has 1 heterocycles. The summed E-state index contributed by atoms with van der Waals surface area (Å²) >= 11 is 1.83. The molecule has 0 spiro atoms. The van der Waals surface area contributed by atoms with E-state index in [1.165, 1.54) is 30.6 Å². The third-order valence-electron chi connectivity index (χ3n) is 3.13. The molecule has 84 valence electrons. The number of nitrogens with zero attached hydrogens (tertiary/aromatic N) is 2. The Kier molecular flexibility index (Phi) is 3.70. The Morgan fingerprint density at radius 3 is 2.93 bits per heavy atom. The minimum atomic E-state index is 0.359. The first-order valence-corrected chi connectivity index (χ1v) is 6.61. The molecule has 0 radical (unpaired) electrons. The van der Waals surface area contributed by atoms with E-state index in [2.05, 4.69) is 5.10 Å². The fourth-order valence-electron chi connectivity index (χ4n) is 2.19. The molecule has 1 atom stereocenters. The van der Waals surface area contributed by atoms with Crippen molar-refractivity contribution in [1.82, 2.24) is 9.78 Å². The van der Waals surface area contributed by atoms with Gasteiger partial charge in [-0.05, 0) is 18.8 Å². The van der Waals surface area contributed by atoms with Crippen LogP contribution in [0.3, 0.4) is 0 Å². The van der Waals surface area contributed by atoms with Crippen LogP contribution in [-0.4, -0.2) is 21.6 Å². The molecular weight excluding hydrogens is 206 g/mol. The molecule has 4 heteroatoms. The second-order valence-electron chi connectivity index (χ2n) is 4.37. The van der Waals surface area contributed by atoms with Gasteiger partial charge >= 0.3 is 0 Å². The van der Waals surface area contributed by atoms with E-state index in [0.717, 1.165) is 11.7 Å². The van der Waals surface area contributed by atoms with E-state index >= 15 is 0 Å². The van der Waals surface area contributed by atoms with Crippen LogP contribution in [0, 0.1) is 5.92 Å². The molecule has 15 heavy (non-hydrogen) atoms. The van der Waals surface area contributed by atoms with Gasteiger partial charge in [-0.15, -0.1) is 11.8 Å². The van der Waals surface area contributed by atoms with Gasteiger partial charge in [0.1, 0.15) is 0 Å². The van der Waals surface area contributed by atoms with E-state index in [4.69, 9.17) is 5.73 Å². The summed E-state index contributed by atoms with van der Waals surface area (Å²) in [6.45, 7) is 0. The monoisotopic (exact) mass is 225 g/mol. The van der Waals surface area contributed by atoms with Crippen molar-refractivity contribution in [2.45, 2.75) is 36.6 Å². The van der Waals surface area contributed by atoms with Gasteiger partial charge in [0, 0.05) is 29.9 Å². The lowest BCUT2D eigenvalue weighted by molar-refractivity contribution is 0.463. The SMILES string of the molecule is Cn1cc(SCC(N)C2CCCC2)cn1. The maximum Gasteiger partial charge on any atom is 0.0625 e. The summed E-state index contributed by atoms with van der Waals surface area (Å²) in [5.74, 6) is 1.78. The molecule has 1 saturated carbocycles. The van der Waals surface area contributed by atoms with Crippen molar-refractivity contribution in [2.24, 2.45) is 18.7 Å². The number of rotatable bonds is 4. The smallest absolute Gasteiger partial charge is 0.0625 e. The van der Waals surface area contributed by atoms with Gasteiger partial charge in [-0.3, -0.25) is 4.68 Å². The Labute approximate surface area is 95.4 Å². The van der Waals surface area contributed by atoms with Gasteiger partial charge in [-0.2, -0.15) is 5.10 Å². The summed E-state index contributed by atoms with van der Waals surface area (Å²) in [5, 5.41) is 4.15. The van der Waals surface area contributed by atoms with E-state index in [0.29, 0.717) is 6.04 Å². The van der Waals surface area contributed by atoms with Gasteiger partial charge in [0.2, 0.25) is 0 Å². The number of aryl methyl sites for hydroxylation is 1. The van der Waals surface area contributed by atoms with Crippen molar-refractivity contribution in [3.05, 3.63) is 12.4 Å². The number of nitrogens with two attached hydrogens (primary N) is 1. The van der Waals surface area contributed by atoms with Crippen molar-refractivity contribution >= 4 is 11.8 Å². The molecule has 2 N–H and O–H groups in total. The Bertz CT molecular complexity index is 305.